The van der Waals surface area contributed by atoms with E-state index in [0.717, 1.165) is 36.3 Å². The van der Waals surface area contributed by atoms with Crippen molar-refractivity contribution in [2.45, 2.75) is 52.3 Å². The van der Waals surface area contributed by atoms with Crippen molar-refractivity contribution in [3.05, 3.63) is 64.5 Å². The molecule has 1 unspecified atom stereocenters. The lowest BCUT2D eigenvalue weighted by Crippen LogP contribution is -2.17. The van der Waals surface area contributed by atoms with Gasteiger partial charge in [0.25, 0.3) is 5.91 Å². The molecule has 0 spiro atoms. The van der Waals surface area contributed by atoms with E-state index in [-0.39, 0.29) is 12.1 Å². The smallest absolute Gasteiger partial charge is 0.416 e. The molecule has 0 fully saturated rings. The Labute approximate surface area is 173 Å². The molecule has 162 valence electrons. The normalized spacial score (nSPS) is 13.7. The second-order valence-electron chi connectivity index (χ2n) is 7.07. The van der Waals surface area contributed by atoms with E-state index in [4.69, 9.17) is 0 Å². The lowest BCUT2D eigenvalue weighted by atomic mass is 10.0. The number of nitrogens with zero attached hydrogens (tertiary/aromatic N) is 1. The summed E-state index contributed by atoms with van der Waals surface area (Å²) in [6, 6.07) is 5.22. The molecule has 1 amide bonds. The van der Waals surface area contributed by atoms with Crippen LogP contribution in [0.5, 0.6) is 0 Å². The number of halogens is 3. The summed E-state index contributed by atoms with van der Waals surface area (Å²) < 4.78 is 37.8. The van der Waals surface area contributed by atoms with Gasteiger partial charge in [-0.2, -0.15) is 18.4 Å². The number of alkyl halides is 3. The van der Waals surface area contributed by atoms with Crippen LogP contribution in [-0.4, -0.2) is 22.2 Å². The maximum atomic E-state index is 12.6. The first kappa shape index (κ1) is 25.0. The Balaban J connectivity index is 2.81. The van der Waals surface area contributed by atoms with Gasteiger partial charge in [0.05, 0.1) is 11.7 Å². The minimum absolute atomic E-state index is 0.0316. The van der Waals surface area contributed by atoms with Crippen molar-refractivity contribution in [3.63, 3.8) is 0 Å². The summed E-state index contributed by atoms with van der Waals surface area (Å²) in [5.41, 5.74) is 0.602. The average molecular weight is 422 g/mol. The van der Waals surface area contributed by atoms with Gasteiger partial charge in [0.1, 0.15) is 11.8 Å². The number of allylic oxidation sites excluding steroid dienone is 3. The summed E-state index contributed by atoms with van der Waals surface area (Å²) in [7, 11) is 0. The molecule has 0 heterocycles. The molecule has 0 bridgehead atoms. The van der Waals surface area contributed by atoms with Gasteiger partial charge in [0, 0.05) is 12.1 Å². The summed E-state index contributed by atoms with van der Waals surface area (Å²) in [4.78, 5) is 12.2. The molecule has 0 aliphatic heterocycles. The van der Waals surface area contributed by atoms with Gasteiger partial charge in [-0.05, 0) is 57.9 Å². The summed E-state index contributed by atoms with van der Waals surface area (Å²) in [6.07, 6.45) is -0.836. The Kier molecular flexibility index (Phi) is 9.34. The Hall–Kier alpha value is -3.05. The number of anilines is 1. The maximum absolute atomic E-state index is 12.6. The van der Waals surface area contributed by atoms with Crippen molar-refractivity contribution in [2.75, 3.05) is 5.32 Å². The number of carbonyl (C=O) groups is 1. The van der Waals surface area contributed by atoms with Crippen molar-refractivity contribution in [1.29, 1.82) is 5.26 Å². The zero-order valence-electron chi connectivity index (χ0n) is 17.0. The Morgan fingerprint density at radius 1 is 1.23 bits per heavy atom. The number of benzene rings is 1. The maximum Gasteiger partial charge on any atom is 0.416 e. The molecule has 0 aliphatic carbocycles. The van der Waals surface area contributed by atoms with Crippen LogP contribution < -0.4 is 5.32 Å². The lowest BCUT2D eigenvalue weighted by Gasteiger charge is -2.11. The van der Waals surface area contributed by atoms with Crippen LogP contribution in [0.1, 0.15) is 45.6 Å². The molecule has 8 heteroatoms. The fourth-order valence-electron chi connectivity index (χ4n) is 2.54. The predicted octanol–water partition coefficient (Wildman–Crippen LogP) is 5.42. The minimum Gasteiger partial charge on any atom is -0.511 e. The zero-order chi connectivity index (χ0) is 22.9. The van der Waals surface area contributed by atoms with E-state index in [2.05, 4.69) is 11.4 Å². The van der Waals surface area contributed by atoms with Crippen LogP contribution in [0.2, 0.25) is 0 Å². The first-order valence-corrected chi connectivity index (χ1v) is 9.23. The highest BCUT2D eigenvalue weighted by Gasteiger charge is 2.30. The molecule has 0 saturated carbocycles. The second-order valence-corrected chi connectivity index (χ2v) is 7.07. The first-order valence-electron chi connectivity index (χ1n) is 9.23. The molecule has 1 aromatic carbocycles. The standard InChI is InChI=1S/C22H25F3N2O3/c1-14(2)5-4-6-15(3)11-18(28)12-20(29)19(13-26)21(30)27-17-9-7-16(8-10-17)22(23,24)25/h5,7-11,18,28-29H,4,6,12H2,1-3H3,(H,27,30)/b15-11+,20-19-. The molecule has 0 aliphatic rings. The van der Waals surface area contributed by atoms with Gasteiger partial charge >= 0.3 is 6.18 Å². The number of hydrogen-bond acceptors (Lipinski definition) is 4. The van der Waals surface area contributed by atoms with Crippen molar-refractivity contribution in [1.82, 2.24) is 0 Å². The molecule has 30 heavy (non-hydrogen) atoms. The molecular weight excluding hydrogens is 397 g/mol. The van der Waals surface area contributed by atoms with Crippen molar-refractivity contribution in [3.8, 4) is 6.07 Å². The summed E-state index contributed by atoms with van der Waals surface area (Å²) >= 11 is 0. The largest absolute Gasteiger partial charge is 0.511 e. The number of aliphatic hydroxyl groups excluding tert-OH is 2. The molecule has 1 rings (SSSR count). The SMILES string of the molecule is CC(C)=CCC/C(C)=C/C(O)C/C(O)=C(\C#N)C(=O)Nc1ccc(C(F)(F)F)cc1. The van der Waals surface area contributed by atoms with Gasteiger partial charge in [-0.25, -0.2) is 0 Å². The first-order chi connectivity index (χ1) is 13.9. The van der Waals surface area contributed by atoms with Gasteiger partial charge < -0.3 is 15.5 Å². The van der Waals surface area contributed by atoms with Gasteiger partial charge in [-0.15, -0.1) is 0 Å². The van der Waals surface area contributed by atoms with E-state index >= 15 is 0 Å². The summed E-state index contributed by atoms with van der Waals surface area (Å²) in [6.45, 7) is 5.79. The third-order valence-corrected chi connectivity index (χ3v) is 4.07. The molecule has 3 N–H and O–H groups in total. The zero-order valence-corrected chi connectivity index (χ0v) is 17.0. The van der Waals surface area contributed by atoms with Crippen LogP contribution in [-0.2, 0) is 11.0 Å². The van der Waals surface area contributed by atoms with Gasteiger partial charge in [-0.3, -0.25) is 4.79 Å². The third kappa shape index (κ3) is 8.53. The third-order valence-electron chi connectivity index (χ3n) is 4.07. The Bertz CT molecular complexity index is 872. The molecule has 0 saturated heterocycles. The lowest BCUT2D eigenvalue weighted by molar-refractivity contribution is -0.137. The van der Waals surface area contributed by atoms with Crippen LogP contribution in [0.4, 0.5) is 18.9 Å². The van der Waals surface area contributed by atoms with E-state index in [1.54, 1.807) is 6.07 Å². The number of carbonyl (C=O) groups excluding carboxylic acids is 1. The van der Waals surface area contributed by atoms with Crippen LogP contribution in [0.3, 0.4) is 0 Å². The molecule has 1 aromatic rings. The number of nitrogens with one attached hydrogen (secondary N) is 1. The number of rotatable bonds is 8. The second kappa shape index (κ2) is 11.2. The average Bonchev–Trinajstić information content (AvgIpc) is 2.61. The predicted molar refractivity (Wildman–Crippen MR) is 108 cm³/mol. The van der Waals surface area contributed by atoms with Crippen molar-refractivity contribution >= 4 is 11.6 Å². The van der Waals surface area contributed by atoms with E-state index in [0.29, 0.717) is 6.42 Å². The van der Waals surface area contributed by atoms with E-state index in [1.807, 2.05) is 20.8 Å². The number of nitriles is 1. The van der Waals surface area contributed by atoms with Crippen LogP contribution in [0.25, 0.3) is 0 Å². The van der Waals surface area contributed by atoms with Crippen LogP contribution in [0, 0.1) is 11.3 Å². The minimum atomic E-state index is -4.51. The van der Waals surface area contributed by atoms with Gasteiger partial charge in [-0.1, -0.05) is 23.3 Å². The molecule has 1 atom stereocenters. The molecular formula is C22H25F3N2O3. The number of hydrogen-bond donors (Lipinski definition) is 3. The fraction of sp³-hybridized carbons (Fsp3) is 0.364. The monoisotopic (exact) mass is 422 g/mol. The Morgan fingerprint density at radius 3 is 2.33 bits per heavy atom. The molecule has 0 aromatic heterocycles. The van der Waals surface area contributed by atoms with Crippen LogP contribution >= 0.6 is 0 Å². The Morgan fingerprint density at radius 2 is 1.83 bits per heavy atom. The van der Waals surface area contributed by atoms with E-state index in [1.165, 1.54) is 11.6 Å². The van der Waals surface area contributed by atoms with E-state index in [9.17, 15) is 33.4 Å². The molecule has 0 radical (unpaired) electrons. The highest BCUT2D eigenvalue weighted by molar-refractivity contribution is 6.06. The molecule has 5 nitrogen and oxygen atoms in total. The van der Waals surface area contributed by atoms with Crippen molar-refractivity contribution in [2.24, 2.45) is 0 Å². The van der Waals surface area contributed by atoms with Crippen molar-refractivity contribution < 1.29 is 28.2 Å². The highest BCUT2D eigenvalue weighted by atomic mass is 19.4. The van der Waals surface area contributed by atoms with Gasteiger partial charge in [0.2, 0.25) is 0 Å². The van der Waals surface area contributed by atoms with E-state index < -0.39 is 35.1 Å². The summed E-state index contributed by atoms with van der Waals surface area (Å²) in [5, 5.41) is 31.6. The highest BCUT2D eigenvalue weighted by Crippen LogP contribution is 2.29. The fourth-order valence-corrected chi connectivity index (χ4v) is 2.54. The number of amides is 1. The quantitative estimate of drug-likeness (QED) is 0.226. The number of aliphatic hydroxyl groups is 2. The topological polar surface area (TPSA) is 93.3 Å². The summed E-state index contributed by atoms with van der Waals surface area (Å²) in [5.74, 6) is -1.59. The van der Waals surface area contributed by atoms with Crippen LogP contribution in [0.15, 0.2) is 58.9 Å². The van der Waals surface area contributed by atoms with Gasteiger partial charge in [0.15, 0.2) is 5.57 Å².